The van der Waals surface area contributed by atoms with Gasteiger partial charge in [-0.25, -0.2) is 0 Å². The van der Waals surface area contributed by atoms with E-state index in [-0.39, 0.29) is 11.4 Å². The average molecular weight is 363 g/mol. The third kappa shape index (κ3) is 3.09. The predicted octanol–water partition coefficient (Wildman–Crippen LogP) is 3.12. The van der Waals surface area contributed by atoms with Crippen LogP contribution in [-0.4, -0.2) is 24.7 Å². The van der Waals surface area contributed by atoms with Gasteiger partial charge in [0.25, 0.3) is 5.91 Å². The number of amides is 1. The van der Waals surface area contributed by atoms with Gasteiger partial charge in [-0.15, -0.1) is 0 Å². The first kappa shape index (κ1) is 13.1. The van der Waals surface area contributed by atoms with Gasteiger partial charge in [-0.2, -0.15) is 0 Å². The Hall–Kier alpha value is -0.390. The summed E-state index contributed by atoms with van der Waals surface area (Å²) < 4.78 is 7.04. The highest BCUT2D eigenvalue weighted by molar-refractivity contribution is 9.11. The summed E-state index contributed by atoms with van der Waals surface area (Å²) in [6.45, 7) is 3.29. The fraction of sp³-hybridized carbons (Fsp3) is 0.417. The Labute approximate surface area is 117 Å². The minimum Gasteiger partial charge on any atom is -0.379 e. The highest BCUT2D eigenvalue weighted by Crippen LogP contribution is 2.24. The van der Waals surface area contributed by atoms with Gasteiger partial charge in [0.1, 0.15) is 0 Å². The normalized spacial score (nSPS) is 23.7. The first-order valence-corrected chi connectivity index (χ1v) is 6.94. The van der Waals surface area contributed by atoms with Crippen LogP contribution in [0.5, 0.6) is 0 Å². The molecular formula is C12H13Br2NO2. The van der Waals surface area contributed by atoms with Crippen LogP contribution in [0, 0.1) is 0 Å². The molecule has 1 aliphatic heterocycles. The fourth-order valence-electron chi connectivity index (χ4n) is 1.78. The third-order valence-corrected chi connectivity index (χ3v) is 3.96. The molecule has 1 aliphatic rings. The van der Waals surface area contributed by atoms with Gasteiger partial charge in [0.05, 0.1) is 17.7 Å². The second kappa shape index (κ2) is 5.08. The quantitative estimate of drug-likeness (QED) is 0.877. The van der Waals surface area contributed by atoms with Crippen molar-refractivity contribution in [3.8, 4) is 0 Å². The molecule has 5 heteroatoms. The lowest BCUT2D eigenvalue weighted by Crippen LogP contribution is -2.46. The molecule has 0 saturated carbocycles. The summed E-state index contributed by atoms with van der Waals surface area (Å²) in [5.74, 6) is -0.0719. The van der Waals surface area contributed by atoms with Gasteiger partial charge < -0.3 is 10.1 Å². The maximum absolute atomic E-state index is 12.1. The summed E-state index contributed by atoms with van der Waals surface area (Å²) in [5, 5.41) is 3.02. The van der Waals surface area contributed by atoms with Crippen LogP contribution in [-0.2, 0) is 4.74 Å². The summed E-state index contributed by atoms with van der Waals surface area (Å²) in [6.07, 6.45) is 0.854. The van der Waals surface area contributed by atoms with Crippen LogP contribution in [0.3, 0.4) is 0 Å². The Morgan fingerprint density at radius 3 is 2.82 bits per heavy atom. The topological polar surface area (TPSA) is 38.3 Å². The summed E-state index contributed by atoms with van der Waals surface area (Å²) >= 11 is 6.76. The van der Waals surface area contributed by atoms with Crippen molar-refractivity contribution < 1.29 is 9.53 Å². The number of ether oxygens (including phenoxy) is 1. The van der Waals surface area contributed by atoms with Crippen LogP contribution >= 0.6 is 31.9 Å². The van der Waals surface area contributed by atoms with Gasteiger partial charge >= 0.3 is 0 Å². The van der Waals surface area contributed by atoms with Gasteiger partial charge in [0, 0.05) is 15.6 Å². The van der Waals surface area contributed by atoms with Crippen molar-refractivity contribution in [2.24, 2.45) is 0 Å². The van der Waals surface area contributed by atoms with E-state index >= 15 is 0 Å². The lowest BCUT2D eigenvalue weighted by molar-refractivity contribution is 0.0889. The lowest BCUT2D eigenvalue weighted by Gasteiger charge is -2.23. The zero-order valence-electron chi connectivity index (χ0n) is 9.43. The summed E-state index contributed by atoms with van der Waals surface area (Å²) in [7, 11) is 0. The average Bonchev–Trinajstić information content (AvgIpc) is 2.64. The molecule has 1 fully saturated rings. The number of benzene rings is 1. The van der Waals surface area contributed by atoms with Crippen molar-refractivity contribution in [3.05, 3.63) is 32.7 Å². The van der Waals surface area contributed by atoms with Gasteiger partial charge in [0.2, 0.25) is 0 Å². The molecule has 1 atom stereocenters. The summed E-state index contributed by atoms with van der Waals surface area (Å²) in [6, 6.07) is 5.51. The number of carbonyl (C=O) groups is 1. The molecule has 0 aromatic heterocycles. The highest BCUT2D eigenvalue weighted by Gasteiger charge is 2.31. The fourth-order valence-corrected chi connectivity index (χ4v) is 3.01. The van der Waals surface area contributed by atoms with E-state index in [0.717, 1.165) is 15.4 Å². The van der Waals surface area contributed by atoms with E-state index in [2.05, 4.69) is 37.2 Å². The first-order chi connectivity index (χ1) is 8.00. The summed E-state index contributed by atoms with van der Waals surface area (Å²) in [4.78, 5) is 12.1. The van der Waals surface area contributed by atoms with Crippen molar-refractivity contribution in [2.45, 2.75) is 18.9 Å². The SMILES string of the molecule is CC1(NC(=O)c2ccc(Br)cc2Br)CCOC1. The van der Waals surface area contributed by atoms with Crippen LogP contribution in [0.1, 0.15) is 23.7 Å². The number of rotatable bonds is 2. The smallest absolute Gasteiger partial charge is 0.252 e. The maximum Gasteiger partial charge on any atom is 0.252 e. The molecule has 1 aromatic rings. The van der Waals surface area contributed by atoms with Gasteiger partial charge in [-0.3, -0.25) is 4.79 Å². The highest BCUT2D eigenvalue weighted by atomic mass is 79.9. The Morgan fingerprint density at radius 2 is 2.24 bits per heavy atom. The Morgan fingerprint density at radius 1 is 1.47 bits per heavy atom. The number of hydrogen-bond donors (Lipinski definition) is 1. The van der Waals surface area contributed by atoms with Crippen LogP contribution in [0.2, 0.25) is 0 Å². The number of hydrogen-bond acceptors (Lipinski definition) is 2. The van der Waals surface area contributed by atoms with Gasteiger partial charge in [-0.05, 0) is 47.5 Å². The molecule has 1 amide bonds. The number of halogens is 2. The van der Waals surface area contributed by atoms with Crippen LogP contribution in [0.4, 0.5) is 0 Å². The molecule has 0 radical (unpaired) electrons. The van der Waals surface area contributed by atoms with Crippen LogP contribution < -0.4 is 5.32 Å². The van der Waals surface area contributed by atoms with Crippen molar-refractivity contribution >= 4 is 37.8 Å². The number of nitrogens with one attached hydrogen (secondary N) is 1. The molecule has 1 heterocycles. The van der Waals surface area contributed by atoms with E-state index in [9.17, 15) is 4.79 Å². The van der Waals surface area contributed by atoms with E-state index in [4.69, 9.17) is 4.74 Å². The van der Waals surface area contributed by atoms with E-state index in [1.807, 2.05) is 19.1 Å². The van der Waals surface area contributed by atoms with Crippen molar-refractivity contribution in [3.63, 3.8) is 0 Å². The van der Waals surface area contributed by atoms with Crippen molar-refractivity contribution in [2.75, 3.05) is 13.2 Å². The zero-order chi connectivity index (χ0) is 12.5. The van der Waals surface area contributed by atoms with Crippen molar-refractivity contribution in [1.29, 1.82) is 0 Å². The molecule has 1 N–H and O–H groups in total. The minimum atomic E-state index is -0.246. The van der Waals surface area contributed by atoms with E-state index in [0.29, 0.717) is 18.8 Å². The molecule has 0 spiro atoms. The van der Waals surface area contributed by atoms with E-state index in [1.165, 1.54) is 0 Å². The molecule has 1 saturated heterocycles. The standard InChI is InChI=1S/C12H13Br2NO2/c1-12(4-5-17-7-12)15-11(16)9-3-2-8(13)6-10(9)14/h2-3,6H,4-5,7H2,1H3,(H,15,16). The molecule has 0 aliphatic carbocycles. The van der Waals surface area contributed by atoms with Gasteiger partial charge in [0.15, 0.2) is 0 Å². The molecular weight excluding hydrogens is 350 g/mol. The molecule has 3 nitrogen and oxygen atoms in total. The summed E-state index contributed by atoms with van der Waals surface area (Å²) in [5.41, 5.74) is 0.394. The minimum absolute atomic E-state index is 0.0719. The number of carbonyl (C=O) groups excluding carboxylic acids is 1. The van der Waals surface area contributed by atoms with E-state index in [1.54, 1.807) is 6.07 Å². The lowest BCUT2D eigenvalue weighted by atomic mass is 10.0. The largest absolute Gasteiger partial charge is 0.379 e. The second-order valence-electron chi connectivity index (χ2n) is 4.44. The Bertz CT molecular complexity index is 442. The molecule has 92 valence electrons. The second-order valence-corrected chi connectivity index (χ2v) is 6.21. The third-order valence-electron chi connectivity index (χ3n) is 2.81. The van der Waals surface area contributed by atoms with Gasteiger partial charge in [-0.1, -0.05) is 15.9 Å². The van der Waals surface area contributed by atoms with Crippen molar-refractivity contribution in [1.82, 2.24) is 5.32 Å². The molecule has 17 heavy (non-hydrogen) atoms. The van der Waals surface area contributed by atoms with Crippen LogP contribution in [0.25, 0.3) is 0 Å². The monoisotopic (exact) mass is 361 g/mol. The molecule has 1 aromatic carbocycles. The Kier molecular flexibility index (Phi) is 3.90. The first-order valence-electron chi connectivity index (χ1n) is 5.35. The maximum atomic E-state index is 12.1. The zero-order valence-corrected chi connectivity index (χ0v) is 12.6. The molecule has 2 rings (SSSR count). The van der Waals surface area contributed by atoms with E-state index < -0.39 is 0 Å². The Balaban J connectivity index is 2.14. The van der Waals surface area contributed by atoms with Crippen LogP contribution in [0.15, 0.2) is 27.1 Å². The molecule has 0 bridgehead atoms. The predicted molar refractivity (Wildman–Crippen MR) is 73.1 cm³/mol. The molecule has 1 unspecified atom stereocenters.